The van der Waals surface area contributed by atoms with Crippen LogP contribution in [0.15, 0.2) is 66.4 Å². The van der Waals surface area contributed by atoms with Crippen molar-refractivity contribution < 1.29 is 4.79 Å². The van der Waals surface area contributed by atoms with Crippen molar-refractivity contribution in [2.24, 2.45) is 0 Å². The number of carbonyl (C=O) groups is 1. The predicted octanol–water partition coefficient (Wildman–Crippen LogP) is 3.48. The molecule has 0 radical (unpaired) electrons. The molecule has 6 heteroatoms. The van der Waals surface area contributed by atoms with E-state index in [0.717, 1.165) is 27.2 Å². The molecule has 0 unspecified atom stereocenters. The van der Waals surface area contributed by atoms with Gasteiger partial charge >= 0.3 is 0 Å². The molecule has 0 atom stereocenters. The molecule has 4 rings (SSSR count). The minimum absolute atomic E-state index is 0.0437. The number of fused-ring (bicyclic) bond motifs is 1. The topological polar surface area (TPSA) is 59.8 Å². The van der Waals surface area contributed by atoms with Gasteiger partial charge in [-0.05, 0) is 24.3 Å². The van der Waals surface area contributed by atoms with Crippen LogP contribution in [0.2, 0.25) is 0 Å². The lowest BCUT2D eigenvalue weighted by molar-refractivity contribution is -0.121. The summed E-state index contributed by atoms with van der Waals surface area (Å²) in [7, 11) is 0. The van der Waals surface area contributed by atoms with Gasteiger partial charge in [0.2, 0.25) is 5.91 Å². The number of hydrogen-bond donors (Lipinski definition) is 1. The van der Waals surface area contributed by atoms with Crippen LogP contribution in [0.1, 0.15) is 5.69 Å². The maximum atomic E-state index is 12.5. The van der Waals surface area contributed by atoms with Crippen molar-refractivity contribution in [2.45, 2.75) is 13.1 Å². The van der Waals surface area contributed by atoms with Crippen LogP contribution in [0.3, 0.4) is 0 Å². The third-order valence-electron chi connectivity index (χ3n) is 3.99. The highest BCUT2D eigenvalue weighted by Crippen LogP contribution is 2.30. The molecule has 0 saturated heterocycles. The molecule has 3 heterocycles. The van der Waals surface area contributed by atoms with Gasteiger partial charge in [0, 0.05) is 23.3 Å². The number of nitrogens with zero attached hydrogens (tertiary/aromatic N) is 3. The molecule has 124 valence electrons. The van der Waals surface area contributed by atoms with Gasteiger partial charge in [-0.15, -0.1) is 11.3 Å². The molecular formula is C19H16N4OS. The number of carbonyl (C=O) groups excluding carboxylic acids is 1. The Labute approximate surface area is 149 Å². The summed E-state index contributed by atoms with van der Waals surface area (Å²) in [5.74, 6) is -0.0437. The molecule has 5 nitrogen and oxygen atoms in total. The van der Waals surface area contributed by atoms with Crippen molar-refractivity contribution in [2.75, 3.05) is 0 Å². The lowest BCUT2D eigenvalue weighted by Crippen LogP contribution is -2.27. The third kappa shape index (κ3) is 3.29. The first-order valence-corrected chi connectivity index (χ1v) is 8.83. The molecule has 0 aliphatic carbocycles. The Morgan fingerprint density at radius 2 is 2.04 bits per heavy atom. The lowest BCUT2D eigenvalue weighted by Gasteiger charge is -2.10. The highest BCUT2D eigenvalue weighted by Gasteiger charge is 2.14. The molecule has 1 N–H and O–H groups in total. The van der Waals surface area contributed by atoms with Gasteiger partial charge in [0.05, 0.1) is 28.3 Å². The van der Waals surface area contributed by atoms with Crippen molar-refractivity contribution in [3.05, 3.63) is 72.1 Å². The molecule has 0 aliphatic heterocycles. The summed E-state index contributed by atoms with van der Waals surface area (Å²) in [4.78, 5) is 21.9. The summed E-state index contributed by atoms with van der Waals surface area (Å²) in [6.45, 7) is 0.683. The SMILES string of the molecule is O=C(Cn1c(-c2cncs2)cc2ccccc21)NCc1ccccn1. The highest BCUT2D eigenvalue weighted by atomic mass is 32.1. The van der Waals surface area contributed by atoms with Crippen LogP contribution >= 0.6 is 11.3 Å². The summed E-state index contributed by atoms with van der Waals surface area (Å²) in [5.41, 5.74) is 4.70. The fraction of sp³-hybridized carbons (Fsp3) is 0.105. The lowest BCUT2D eigenvalue weighted by atomic mass is 10.2. The Kier molecular flexibility index (Phi) is 4.26. The standard InChI is InChI=1S/C19H16N4OS/c24-19(22-10-15-6-3-4-8-21-15)12-23-16-7-2-1-5-14(16)9-17(23)18-11-20-13-25-18/h1-9,11,13H,10,12H2,(H,22,24). The van der Waals surface area contributed by atoms with Gasteiger partial charge in [0.1, 0.15) is 6.54 Å². The van der Waals surface area contributed by atoms with Gasteiger partial charge in [-0.25, -0.2) is 0 Å². The molecule has 4 aromatic rings. The highest BCUT2D eigenvalue weighted by molar-refractivity contribution is 7.13. The van der Waals surface area contributed by atoms with Gasteiger partial charge in [0.15, 0.2) is 0 Å². The van der Waals surface area contributed by atoms with Crippen molar-refractivity contribution in [3.63, 3.8) is 0 Å². The molecule has 25 heavy (non-hydrogen) atoms. The quantitative estimate of drug-likeness (QED) is 0.601. The number of para-hydroxylation sites is 1. The zero-order valence-electron chi connectivity index (χ0n) is 13.4. The number of rotatable bonds is 5. The van der Waals surface area contributed by atoms with Gasteiger partial charge in [0.25, 0.3) is 0 Å². The number of hydrogen-bond acceptors (Lipinski definition) is 4. The van der Waals surface area contributed by atoms with E-state index in [0.29, 0.717) is 6.54 Å². The van der Waals surface area contributed by atoms with E-state index in [4.69, 9.17) is 0 Å². The zero-order chi connectivity index (χ0) is 17.1. The Morgan fingerprint density at radius 1 is 1.16 bits per heavy atom. The Bertz CT molecular complexity index is 993. The molecule has 0 spiro atoms. The summed E-state index contributed by atoms with van der Waals surface area (Å²) in [6.07, 6.45) is 3.56. The Morgan fingerprint density at radius 3 is 2.84 bits per heavy atom. The van der Waals surface area contributed by atoms with Crippen molar-refractivity contribution >= 4 is 28.1 Å². The predicted molar refractivity (Wildman–Crippen MR) is 99.1 cm³/mol. The van der Waals surface area contributed by atoms with E-state index in [-0.39, 0.29) is 12.5 Å². The van der Waals surface area contributed by atoms with E-state index in [1.54, 1.807) is 23.0 Å². The van der Waals surface area contributed by atoms with Gasteiger partial charge in [-0.1, -0.05) is 24.3 Å². The maximum Gasteiger partial charge on any atom is 0.240 e. The molecule has 1 amide bonds. The van der Waals surface area contributed by atoms with Crippen LogP contribution in [0.4, 0.5) is 0 Å². The monoisotopic (exact) mass is 348 g/mol. The second-order valence-electron chi connectivity index (χ2n) is 5.64. The fourth-order valence-electron chi connectivity index (χ4n) is 2.82. The molecule has 1 aromatic carbocycles. The van der Waals surface area contributed by atoms with E-state index in [1.807, 2.05) is 47.2 Å². The number of nitrogens with one attached hydrogen (secondary N) is 1. The molecule has 0 bridgehead atoms. The summed E-state index contributed by atoms with van der Waals surface area (Å²) < 4.78 is 2.04. The minimum atomic E-state index is -0.0437. The number of aromatic nitrogens is 3. The number of thiazole rings is 1. The second-order valence-corrected chi connectivity index (χ2v) is 6.52. The summed E-state index contributed by atoms with van der Waals surface area (Å²) in [5, 5.41) is 4.05. The molecule has 0 aliphatic rings. The van der Waals surface area contributed by atoms with E-state index in [2.05, 4.69) is 27.4 Å². The molecular weight excluding hydrogens is 332 g/mol. The van der Waals surface area contributed by atoms with Crippen LogP contribution < -0.4 is 5.32 Å². The number of pyridine rings is 1. The normalized spacial score (nSPS) is 10.9. The third-order valence-corrected chi connectivity index (χ3v) is 4.79. The first-order chi connectivity index (χ1) is 12.3. The van der Waals surface area contributed by atoms with Crippen LogP contribution in [0, 0.1) is 0 Å². The Hall–Kier alpha value is -2.99. The largest absolute Gasteiger partial charge is 0.349 e. The second kappa shape index (κ2) is 6.86. The van der Waals surface area contributed by atoms with Crippen molar-refractivity contribution in [3.8, 4) is 10.6 Å². The van der Waals surface area contributed by atoms with E-state index in [1.165, 1.54) is 0 Å². The van der Waals surface area contributed by atoms with Gasteiger partial charge < -0.3 is 9.88 Å². The van der Waals surface area contributed by atoms with Crippen LogP contribution in [-0.4, -0.2) is 20.4 Å². The first kappa shape index (κ1) is 15.5. The molecule has 0 fully saturated rings. The van der Waals surface area contributed by atoms with Crippen molar-refractivity contribution in [1.29, 1.82) is 0 Å². The van der Waals surface area contributed by atoms with E-state index in [9.17, 15) is 4.79 Å². The van der Waals surface area contributed by atoms with Crippen LogP contribution in [0.25, 0.3) is 21.5 Å². The van der Waals surface area contributed by atoms with Crippen molar-refractivity contribution in [1.82, 2.24) is 19.9 Å². The first-order valence-electron chi connectivity index (χ1n) is 7.95. The summed E-state index contributed by atoms with van der Waals surface area (Å²) >= 11 is 1.57. The van der Waals surface area contributed by atoms with E-state index < -0.39 is 0 Å². The smallest absolute Gasteiger partial charge is 0.240 e. The van der Waals surface area contributed by atoms with E-state index >= 15 is 0 Å². The minimum Gasteiger partial charge on any atom is -0.349 e. The Balaban J connectivity index is 1.60. The summed E-state index contributed by atoms with van der Waals surface area (Å²) in [6, 6.07) is 15.9. The van der Waals surface area contributed by atoms with Crippen LogP contribution in [-0.2, 0) is 17.9 Å². The zero-order valence-corrected chi connectivity index (χ0v) is 14.2. The molecule has 3 aromatic heterocycles. The molecule has 0 saturated carbocycles. The average Bonchev–Trinajstić information content (AvgIpc) is 3.29. The number of benzene rings is 1. The average molecular weight is 348 g/mol. The van der Waals surface area contributed by atoms with Gasteiger partial charge in [-0.2, -0.15) is 0 Å². The fourth-order valence-corrected chi connectivity index (χ4v) is 3.47. The number of amides is 1. The van der Waals surface area contributed by atoms with Crippen LogP contribution in [0.5, 0.6) is 0 Å². The maximum absolute atomic E-state index is 12.5. The van der Waals surface area contributed by atoms with Gasteiger partial charge in [-0.3, -0.25) is 14.8 Å².